The zero-order valence-electron chi connectivity index (χ0n) is 14.0. The second-order valence-electron chi connectivity index (χ2n) is 5.50. The summed E-state index contributed by atoms with van der Waals surface area (Å²) in [4.78, 5) is 22.2. The van der Waals surface area contributed by atoms with Gasteiger partial charge in [0.2, 0.25) is 0 Å². The molecule has 9 heteroatoms. The van der Waals surface area contributed by atoms with Gasteiger partial charge in [-0.3, -0.25) is 10.1 Å². The molecule has 1 atom stereocenters. The van der Waals surface area contributed by atoms with Gasteiger partial charge in [-0.25, -0.2) is 13.6 Å². The third-order valence-corrected chi connectivity index (χ3v) is 3.62. The molecule has 0 aliphatic rings. The number of anilines is 1. The van der Waals surface area contributed by atoms with Crippen LogP contribution >= 0.6 is 0 Å². The van der Waals surface area contributed by atoms with Crippen molar-refractivity contribution in [1.82, 2.24) is 10.6 Å². The predicted octanol–water partition coefficient (Wildman–Crippen LogP) is 3.35. The van der Waals surface area contributed by atoms with Crippen molar-refractivity contribution >= 4 is 17.4 Å². The van der Waals surface area contributed by atoms with Gasteiger partial charge >= 0.3 is 6.03 Å². The standard InChI is InChI=1S/C17H18F2N4O3/c1-11(12-6-7-13(18)14(19)10-12)22-17(24)21-9-8-20-15-4-2-3-5-16(15)23(25)26/h2-7,10-11,20H,8-9H2,1H3,(H2,21,22,24)/t11-/m1/s1. The highest BCUT2D eigenvalue weighted by Crippen LogP contribution is 2.22. The largest absolute Gasteiger partial charge is 0.378 e. The zero-order valence-corrected chi connectivity index (χ0v) is 14.0. The van der Waals surface area contributed by atoms with Crippen LogP contribution in [-0.2, 0) is 0 Å². The number of nitro benzene ring substituents is 1. The minimum Gasteiger partial charge on any atom is -0.378 e. The van der Waals surface area contributed by atoms with Gasteiger partial charge in [0.1, 0.15) is 5.69 Å². The van der Waals surface area contributed by atoms with E-state index in [2.05, 4.69) is 16.0 Å². The molecule has 0 saturated carbocycles. The first kappa shape index (κ1) is 19.1. The molecule has 0 saturated heterocycles. The Kier molecular flexibility index (Phi) is 6.42. The number of urea groups is 1. The molecule has 2 aromatic rings. The average molecular weight is 364 g/mol. The van der Waals surface area contributed by atoms with Crippen molar-refractivity contribution < 1.29 is 18.5 Å². The SMILES string of the molecule is C[C@@H](NC(=O)NCCNc1ccccc1[N+](=O)[O-])c1ccc(F)c(F)c1. The topological polar surface area (TPSA) is 96.3 Å². The Morgan fingerprint density at radius 1 is 1.15 bits per heavy atom. The van der Waals surface area contributed by atoms with Gasteiger partial charge in [-0.15, -0.1) is 0 Å². The number of hydrogen-bond acceptors (Lipinski definition) is 4. The van der Waals surface area contributed by atoms with Gasteiger partial charge in [-0.2, -0.15) is 0 Å². The Morgan fingerprint density at radius 3 is 2.58 bits per heavy atom. The van der Waals surface area contributed by atoms with Crippen LogP contribution in [0.1, 0.15) is 18.5 Å². The molecule has 0 unspecified atom stereocenters. The summed E-state index contributed by atoms with van der Waals surface area (Å²) in [5, 5.41) is 18.9. The van der Waals surface area contributed by atoms with E-state index < -0.39 is 28.6 Å². The quantitative estimate of drug-likeness (QED) is 0.399. The summed E-state index contributed by atoms with van der Waals surface area (Å²) in [5.41, 5.74) is 0.732. The van der Waals surface area contributed by atoms with Crippen LogP contribution in [0.3, 0.4) is 0 Å². The first-order valence-corrected chi connectivity index (χ1v) is 7.85. The molecule has 0 aromatic heterocycles. The molecular weight excluding hydrogens is 346 g/mol. The zero-order chi connectivity index (χ0) is 19.1. The van der Waals surface area contributed by atoms with Crippen LogP contribution in [0.2, 0.25) is 0 Å². The number of benzene rings is 2. The van der Waals surface area contributed by atoms with Gasteiger partial charge in [0, 0.05) is 19.2 Å². The number of carbonyl (C=O) groups is 1. The third kappa shape index (κ3) is 5.13. The molecule has 0 fully saturated rings. The first-order valence-electron chi connectivity index (χ1n) is 7.85. The number of nitrogens with one attached hydrogen (secondary N) is 3. The Balaban J connectivity index is 1.78. The summed E-state index contributed by atoms with van der Waals surface area (Å²) in [6, 6.07) is 8.58. The molecule has 138 valence electrons. The molecule has 0 aliphatic carbocycles. The second-order valence-corrected chi connectivity index (χ2v) is 5.50. The molecule has 26 heavy (non-hydrogen) atoms. The fourth-order valence-electron chi connectivity index (χ4n) is 2.27. The van der Waals surface area contributed by atoms with Crippen LogP contribution in [0.25, 0.3) is 0 Å². The minimum atomic E-state index is -0.981. The Hall–Kier alpha value is -3.23. The van der Waals surface area contributed by atoms with Crippen molar-refractivity contribution in [2.45, 2.75) is 13.0 Å². The van der Waals surface area contributed by atoms with Crippen LogP contribution in [-0.4, -0.2) is 24.0 Å². The maximum Gasteiger partial charge on any atom is 0.315 e. The van der Waals surface area contributed by atoms with E-state index in [0.29, 0.717) is 11.3 Å². The van der Waals surface area contributed by atoms with E-state index in [1.807, 2.05) is 0 Å². The molecule has 3 N–H and O–H groups in total. The lowest BCUT2D eigenvalue weighted by Crippen LogP contribution is -2.39. The monoisotopic (exact) mass is 364 g/mol. The van der Waals surface area contributed by atoms with Crippen molar-refractivity contribution in [1.29, 1.82) is 0 Å². The van der Waals surface area contributed by atoms with Crippen LogP contribution < -0.4 is 16.0 Å². The lowest BCUT2D eigenvalue weighted by atomic mass is 10.1. The number of para-hydroxylation sites is 2. The normalized spacial score (nSPS) is 11.5. The van der Waals surface area contributed by atoms with Gasteiger partial charge < -0.3 is 16.0 Å². The maximum atomic E-state index is 13.2. The summed E-state index contributed by atoms with van der Waals surface area (Å²) < 4.78 is 26.1. The van der Waals surface area contributed by atoms with Crippen molar-refractivity contribution in [3.63, 3.8) is 0 Å². The number of rotatable bonds is 7. The van der Waals surface area contributed by atoms with Gasteiger partial charge in [0.25, 0.3) is 5.69 Å². The number of carbonyl (C=O) groups excluding carboxylic acids is 1. The highest BCUT2D eigenvalue weighted by Gasteiger charge is 2.13. The van der Waals surface area contributed by atoms with Gasteiger partial charge in [-0.05, 0) is 30.7 Å². The number of hydrogen-bond donors (Lipinski definition) is 3. The van der Waals surface area contributed by atoms with Crippen molar-refractivity contribution in [2.24, 2.45) is 0 Å². The van der Waals surface area contributed by atoms with Crippen LogP contribution in [0.5, 0.6) is 0 Å². The Labute approximate surface area is 148 Å². The Morgan fingerprint density at radius 2 is 1.88 bits per heavy atom. The van der Waals surface area contributed by atoms with E-state index in [0.717, 1.165) is 12.1 Å². The summed E-state index contributed by atoms with van der Waals surface area (Å²) in [5.74, 6) is -1.93. The summed E-state index contributed by atoms with van der Waals surface area (Å²) in [6.45, 7) is 2.12. The molecule has 0 bridgehead atoms. The molecular formula is C17H18F2N4O3. The summed E-state index contributed by atoms with van der Waals surface area (Å²) >= 11 is 0. The summed E-state index contributed by atoms with van der Waals surface area (Å²) in [6.07, 6.45) is 0. The molecule has 2 amide bonds. The van der Waals surface area contributed by atoms with Crippen molar-refractivity contribution in [3.05, 3.63) is 69.8 Å². The molecule has 0 spiro atoms. The second kappa shape index (κ2) is 8.75. The predicted molar refractivity (Wildman–Crippen MR) is 92.9 cm³/mol. The fraction of sp³-hybridized carbons (Fsp3) is 0.235. The van der Waals surface area contributed by atoms with E-state index in [1.54, 1.807) is 25.1 Å². The van der Waals surface area contributed by atoms with E-state index in [4.69, 9.17) is 0 Å². The van der Waals surface area contributed by atoms with Crippen molar-refractivity contribution in [2.75, 3.05) is 18.4 Å². The average Bonchev–Trinajstić information content (AvgIpc) is 2.61. The smallest absolute Gasteiger partial charge is 0.315 e. The highest BCUT2D eigenvalue weighted by atomic mass is 19.2. The van der Waals surface area contributed by atoms with E-state index in [1.165, 1.54) is 12.1 Å². The number of amides is 2. The van der Waals surface area contributed by atoms with Gasteiger partial charge in [-0.1, -0.05) is 18.2 Å². The maximum absolute atomic E-state index is 13.2. The highest BCUT2D eigenvalue weighted by molar-refractivity contribution is 5.74. The van der Waals surface area contributed by atoms with E-state index >= 15 is 0 Å². The lowest BCUT2D eigenvalue weighted by molar-refractivity contribution is -0.384. The summed E-state index contributed by atoms with van der Waals surface area (Å²) in [7, 11) is 0. The third-order valence-electron chi connectivity index (χ3n) is 3.62. The van der Waals surface area contributed by atoms with E-state index in [-0.39, 0.29) is 18.8 Å². The van der Waals surface area contributed by atoms with Gasteiger partial charge in [0.15, 0.2) is 11.6 Å². The molecule has 2 rings (SSSR count). The lowest BCUT2D eigenvalue weighted by Gasteiger charge is -2.15. The van der Waals surface area contributed by atoms with E-state index in [9.17, 15) is 23.7 Å². The molecule has 0 heterocycles. The first-order chi connectivity index (χ1) is 12.4. The van der Waals surface area contributed by atoms with Crippen molar-refractivity contribution in [3.8, 4) is 0 Å². The van der Waals surface area contributed by atoms with Crippen LogP contribution in [0.4, 0.5) is 25.0 Å². The Bertz CT molecular complexity index is 801. The molecule has 0 aliphatic heterocycles. The number of halogens is 2. The minimum absolute atomic E-state index is 0.0519. The van der Waals surface area contributed by atoms with Crippen LogP contribution in [0, 0.1) is 21.7 Å². The number of nitro groups is 1. The van der Waals surface area contributed by atoms with Gasteiger partial charge in [0.05, 0.1) is 11.0 Å². The molecule has 2 aromatic carbocycles. The molecule has 7 nitrogen and oxygen atoms in total. The number of nitrogens with zero attached hydrogens (tertiary/aromatic N) is 1. The van der Waals surface area contributed by atoms with Crippen LogP contribution in [0.15, 0.2) is 42.5 Å². The molecule has 0 radical (unpaired) electrons. The fourth-order valence-corrected chi connectivity index (χ4v) is 2.27.